The monoisotopic (exact) mass is 450 g/mol. The van der Waals surface area contributed by atoms with Crippen molar-refractivity contribution in [3.63, 3.8) is 0 Å². The number of hydrogen-bond acceptors (Lipinski definition) is 4. The predicted octanol–water partition coefficient (Wildman–Crippen LogP) is 3.49. The van der Waals surface area contributed by atoms with Crippen LogP contribution in [0.2, 0.25) is 5.02 Å². The number of ether oxygens (including phenoxy) is 1. The molecule has 1 saturated heterocycles. The number of benzene rings is 2. The fourth-order valence-electron chi connectivity index (χ4n) is 3.43. The minimum atomic E-state index is -3.57. The fourth-order valence-corrected chi connectivity index (χ4v) is 5.04. The van der Waals surface area contributed by atoms with Crippen molar-refractivity contribution in [1.82, 2.24) is 9.21 Å². The molecule has 3 rings (SSSR count). The molecule has 0 radical (unpaired) electrons. The van der Waals surface area contributed by atoms with Crippen molar-refractivity contribution in [1.29, 1.82) is 0 Å². The highest BCUT2D eigenvalue weighted by Crippen LogP contribution is 2.26. The van der Waals surface area contributed by atoms with E-state index in [1.165, 1.54) is 4.31 Å². The van der Waals surface area contributed by atoms with E-state index in [9.17, 15) is 13.2 Å². The van der Waals surface area contributed by atoms with Crippen LogP contribution in [0, 0.1) is 27.7 Å². The average molecular weight is 451 g/mol. The second kappa shape index (κ2) is 8.96. The summed E-state index contributed by atoms with van der Waals surface area (Å²) in [6.45, 7) is 8.73. The molecule has 2 aromatic rings. The lowest BCUT2D eigenvalue weighted by Crippen LogP contribution is -2.51. The Morgan fingerprint density at radius 1 is 0.933 bits per heavy atom. The van der Waals surface area contributed by atoms with Gasteiger partial charge in [-0.2, -0.15) is 4.31 Å². The number of carbonyl (C=O) groups is 1. The molecule has 0 saturated carbocycles. The van der Waals surface area contributed by atoms with Crippen molar-refractivity contribution in [2.24, 2.45) is 0 Å². The highest BCUT2D eigenvalue weighted by atomic mass is 35.5. The zero-order valence-corrected chi connectivity index (χ0v) is 19.3. The molecule has 1 amide bonds. The molecule has 1 heterocycles. The molecule has 1 aliphatic rings. The van der Waals surface area contributed by atoms with Crippen LogP contribution in [0.15, 0.2) is 35.2 Å². The van der Waals surface area contributed by atoms with Crippen LogP contribution in [0.25, 0.3) is 0 Å². The fraction of sp³-hybridized carbons (Fsp3) is 0.409. The van der Waals surface area contributed by atoms with Crippen LogP contribution in [-0.2, 0) is 14.8 Å². The first-order chi connectivity index (χ1) is 14.1. The van der Waals surface area contributed by atoms with Gasteiger partial charge < -0.3 is 9.64 Å². The van der Waals surface area contributed by atoms with E-state index >= 15 is 0 Å². The first kappa shape index (κ1) is 22.6. The van der Waals surface area contributed by atoms with Gasteiger partial charge in [0, 0.05) is 31.2 Å². The summed E-state index contributed by atoms with van der Waals surface area (Å²) in [5, 5.41) is 0.690. The second-order valence-corrected chi connectivity index (χ2v) is 10.0. The molecule has 2 aromatic carbocycles. The minimum absolute atomic E-state index is 0.0928. The van der Waals surface area contributed by atoms with Gasteiger partial charge in [0.05, 0.1) is 4.90 Å². The number of hydrogen-bond donors (Lipinski definition) is 0. The number of rotatable bonds is 5. The van der Waals surface area contributed by atoms with Gasteiger partial charge in [-0.05, 0) is 74.2 Å². The molecule has 8 heteroatoms. The van der Waals surface area contributed by atoms with Crippen LogP contribution in [0.1, 0.15) is 22.3 Å². The third-order valence-electron chi connectivity index (χ3n) is 5.48. The Bertz CT molecular complexity index is 1040. The Morgan fingerprint density at radius 2 is 1.53 bits per heavy atom. The molecule has 1 fully saturated rings. The molecule has 0 aromatic heterocycles. The van der Waals surface area contributed by atoms with Crippen molar-refractivity contribution in [3.8, 4) is 5.75 Å². The number of amides is 1. The van der Waals surface area contributed by atoms with E-state index in [2.05, 4.69) is 0 Å². The van der Waals surface area contributed by atoms with Crippen molar-refractivity contribution >= 4 is 27.5 Å². The van der Waals surface area contributed by atoms with Crippen LogP contribution in [0.5, 0.6) is 5.75 Å². The van der Waals surface area contributed by atoms with Crippen LogP contribution in [-0.4, -0.2) is 56.3 Å². The van der Waals surface area contributed by atoms with Crippen molar-refractivity contribution < 1.29 is 17.9 Å². The summed E-state index contributed by atoms with van der Waals surface area (Å²) in [4.78, 5) is 14.5. The summed E-state index contributed by atoms with van der Waals surface area (Å²) in [5.41, 5.74) is 3.78. The predicted molar refractivity (Wildman–Crippen MR) is 118 cm³/mol. The Labute approximate surface area is 183 Å². The molecule has 0 unspecified atom stereocenters. The molecule has 0 spiro atoms. The topological polar surface area (TPSA) is 66.9 Å². The van der Waals surface area contributed by atoms with E-state index in [0.29, 0.717) is 28.8 Å². The Hall–Kier alpha value is -2.09. The lowest BCUT2D eigenvalue weighted by Gasteiger charge is -2.34. The quantitative estimate of drug-likeness (QED) is 0.699. The molecular weight excluding hydrogens is 424 g/mol. The number of aryl methyl sites for hydroxylation is 4. The van der Waals surface area contributed by atoms with Gasteiger partial charge in [0.15, 0.2) is 6.61 Å². The third-order valence-corrected chi connectivity index (χ3v) is 7.97. The Balaban J connectivity index is 1.58. The molecule has 1 aliphatic heterocycles. The van der Waals surface area contributed by atoms with Crippen LogP contribution >= 0.6 is 11.6 Å². The van der Waals surface area contributed by atoms with Crippen molar-refractivity contribution in [2.45, 2.75) is 32.6 Å². The van der Waals surface area contributed by atoms with E-state index in [1.807, 2.05) is 33.8 Å². The normalized spacial score (nSPS) is 15.3. The van der Waals surface area contributed by atoms with Gasteiger partial charge in [0.1, 0.15) is 5.75 Å². The molecule has 30 heavy (non-hydrogen) atoms. The van der Waals surface area contributed by atoms with Gasteiger partial charge in [0.25, 0.3) is 5.91 Å². The smallest absolute Gasteiger partial charge is 0.260 e. The van der Waals surface area contributed by atoms with Gasteiger partial charge >= 0.3 is 0 Å². The summed E-state index contributed by atoms with van der Waals surface area (Å²) in [6.07, 6.45) is 0. The maximum atomic E-state index is 12.9. The minimum Gasteiger partial charge on any atom is -0.484 e. The first-order valence-corrected chi connectivity index (χ1v) is 11.7. The highest BCUT2D eigenvalue weighted by molar-refractivity contribution is 7.89. The number of nitrogens with zero attached hydrogens (tertiary/aromatic N) is 2. The molecular formula is C22H27ClN2O4S. The van der Waals surface area contributed by atoms with Crippen LogP contribution in [0.4, 0.5) is 0 Å². The summed E-state index contributed by atoms with van der Waals surface area (Å²) >= 11 is 6.16. The zero-order chi connectivity index (χ0) is 22.1. The average Bonchev–Trinajstić information content (AvgIpc) is 2.72. The SMILES string of the molecule is Cc1ccc(S(=O)(=O)N2CCN(C(=O)COc3cc(C)c(Cl)c(C)c3)CC2)cc1C. The summed E-state index contributed by atoms with van der Waals surface area (Å²) in [5.74, 6) is 0.433. The summed E-state index contributed by atoms with van der Waals surface area (Å²) < 4.78 is 32.9. The van der Waals surface area contributed by atoms with Crippen LogP contribution < -0.4 is 4.74 Å². The highest BCUT2D eigenvalue weighted by Gasteiger charge is 2.30. The van der Waals surface area contributed by atoms with Crippen molar-refractivity contribution in [3.05, 3.63) is 57.6 Å². The molecule has 162 valence electrons. The van der Waals surface area contributed by atoms with Gasteiger partial charge in [-0.15, -0.1) is 0 Å². The Morgan fingerprint density at radius 3 is 2.10 bits per heavy atom. The lowest BCUT2D eigenvalue weighted by atomic mass is 10.1. The molecule has 6 nitrogen and oxygen atoms in total. The number of sulfonamides is 1. The van der Waals surface area contributed by atoms with E-state index in [0.717, 1.165) is 22.3 Å². The van der Waals surface area contributed by atoms with Gasteiger partial charge in [0.2, 0.25) is 10.0 Å². The third kappa shape index (κ3) is 4.79. The molecule has 0 aliphatic carbocycles. The maximum Gasteiger partial charge on any atom is 0.260 e. The largest absolute Gasteiger partial charge is 0.484 e. The standard InChI is InChI=1S/C22H27ClN2O4S/c1-15-5-6-20(13-16(15)2)30(27,28)25-9-7-24(8-10-25)21(26)14-29-19-11-17(3)22(23)18(4)12-19/h5-6,11-13H,7-10,14H2,1-4H3. The first-order valence-electron chi connectivity index (χ1n) is 9.84. The maximum absolute atomic E-state index is 12.9. The van der Waals surface area contributed by atoms with Gasteiger partial charge in [-0.1, -0.05) is 17.7 Å². The van der Waals surface area contributed by atoms with Crippen LogP contribution in [0.3, 0.4) is 0 Å². The summed E-state index contributed by atoms with van der Waals surface area (Å²) in [6, 6.07) is 8.76. The number of carbonyl (C=O) groups excluding carboxylic acids is 1. The summed E-state index contributed by atoms with van der Waals surface area (Å²) in [7, 11) is -3.57. The van der Waals surface area contributed by atoms with E-state index in [-0.39, 0.29) is 25.6 Å². The van der Waals surface area contributed by atoms with E-state index in [4.69, 9.17) is 16.3 Å². The molecule has 0 atom stereocenters. The number of piperazine rings is 1. The van der Waals surface area contributed by atoms with Gasteiger partial charge in [-0.3, -0.25) is 4.79 Å². The zero-order valence-electron chi connectivity index (χ0n) is 17.7. The molecule has 0 bridgehead atoms. The van der Waals surface area contributed by atoms with E-state index < -0.39 is 10.0 Å². The lowest BCUT2D eigenvalue weighted by molar-refractivity contribution is -0.134. The van der Waals surface area contributed by atoms with E-state index in [1.54, 1.807) is 29.2 Å². The van der Waals surface area contributed by atoms with Gasteiger partial charge in [-0.25, -0.2) is 8.42 Å². The Kier molecular flexibility index (Phi) is 6.75. The number of halogens is 1. The van der Waals surface area contributed by atoms with Crippen molar-refractivity contribution in [2.75, 3.05) is 32.8 Å². The second-order valence-electron chi connectivity index (χ2n) is 7.69. The molecule has 0 N–H and O–H groups in total.